The number of hydrogen-bond donors (Lipinski definition) is 2. The molecule has 1 heterocycles. The van der Waals surface area contributed by atoms with Crippen LogP contribution in [0.1, 0.15) is 42.8 Å². The third kappa shape index (κ3) is 6.06. The van der Waals surface area contributed by atoms with Gasteiger partial charge in [0.05, 0.1) is 4.91 Å². The number of anilines is 1. The molecule has 0 aromatic heterocycles. The quantitative estimate of drug-likeness (QED) is 0.256. The van der Waals surface area contributed by atoms with Crippen molar-refractivity contribution < 1.29 is 14.4 Å². The summed E-state index contributed by atoms with van der Waals surface area (Å²) >= 11 is 7.66. The number of hydrazine groups is 1. The number of aryl methyl sites for hydroxylation is 1. The Morgan fingerprint density at radius 3 is 2.13 bits per heavy atom. The van der Waals surface area contributed by atoms with Gasteiger partial charge in [0.2, 0.25) is 0 Å². The molecule has 6 nitrogen and oxygen atoms in total. The van der Waals surface area contributed by atoms with E-state index in [9.17, 15) is 14.4 Å². The summed E-state index contributed by atoms with van der Waals surface area (Å²) in [6.07, 6.45) is 1.74. The molecule has 1 fully saturated rings. The number of benzene rings is 4. The predicted octanol–water partition coefficient (Wildman–Crippen LogP) is 6.86. The Morgan fingerprint density at radius 2 is 1.44 bits per heavy atom. The molecule has 0 bridgehead atoms. The van der Waals surface area contributed by atoms with Crippen molar-refractivity contribution in [2.75, 3.05) is 5.32 Å². The first kappa shape index (κ1) is 26.3. The molecule has 1 atom stereocenters. The number of carbonyl (C=O) groups is 3. The largest absolute Gasteiger partial charge is 0.322 e. The van der Waals surface area contributed by atoms with Crippen molar-refractivity contribution in [2.45, 2.75) is 12.3 Å². The van der Waals surface area contributed by atoms with Crippen LogP contribution in [0.4, 0.5) is 5.69 Å². The molecule has 1 aliphatic rings. The topological polar surface area (TPSA) is 78.5 Å². The monoisotopic (exact) mass is 553 g/mol. The Kier molecular flexibility index (Phi) is 7.81. The van der Waals surface area contributed by atoms with Gasteiger partial charge < -0.3 is 5.32 Å². The number of hydrogen-bond acceptors (Lipinski definition) is 4. The summed E-state index contributed by atoms with van der Waals surface area (Å²) in [6.45, 7) is 1.96. The fourth-order valence-electron chi connectivity index (χ4n) is 4.01. The molecule has 0 spiro atoms. The lowest BCUT2D eigenvalue weighted by Crippen LogP contribution is -2.44. The SMILES string of the molecule is Cc1ccc(C(=O)Nc2ccc(C(=O)NN3C(=O)/C(=C/c4ccccc4Cl)SC3c3ccccc3)cc2)cc1. The molecule has 39 heavy (non-hydrogen) atoms. The standard InChI is InChI=1S/C31H24ClN3O3S/c1-20-11-13-21(14-12-20)28(36)33-25-17-15-22(16-18-25)29(37)34-35-30(38)27(19-24-9-5-6-10-26(24)32)39-31(35)23-7-3-2-4-8-23/h2-19,31H,1H3,(H,33,36)(H,34,37)/b27-19-. The van der Waals surface area contributed by atoms with Crippen molar-refractivity contribution in [2.24, 2.45) is 0 Å². The summed E-state index contributed by atoms with van der Waals surface area (Å²) < 4.78 is 0. The second-order valence-electron chi connectivity index (χ2n) is 8.92. The lowest BCUT2D eigenvalue weighted by Gasteiger charge is -2.24. The first-order valence-electron chi connectivity index (χ1n) is 12.2. The highest BCUT2D eigenvalue weighted by Gasteiger charge is 2.38. The van der Waals surface area contributed by atoms with Crippen LogP contribution in [-0.4, -0.2) is 22.7 Å². The van der Waals surface area contributed by atoms with Crippen molar-refractivity contribution in [3.05, 3.63) is 141 Å². The van der Waals surface area contributed by atoms with E-state index < -0.39 is 11.3 Å². The number of thioether (sulfide) groups is 1. The van der Waals surface area contributed by atoms with Crippen molar-refractivity contribution >= 4 is 52.8 Å². The minimum absolute atomic E-state index is 0.240. The molecule has 4 aromatic rings. The maximum absolute atomic E-state index is 13.4. The molecular formula is C31H24ClN3O3S. The van der Waals surface area contributed by atoms with Gasteiger partial charge in [0, 0.05) is 21.8 Å². The summed E-state index contributed by atoms with van der Waals surface area (Å²) in [7, 11) is 0. The van der Waals surface area contributed by atoms with Crippen LogP contribution in [0, 0.1) is 6.92 Å². The van der Waals surface area contributed by atoms with Crippen LogP contribution in [0.3, 0.4) is 0 Å². The van der Waals surface area contributed by atoms with Gasteiger partial charge in [0.15, 0.2) is 0 Å². The highest BCUT2D eigenvalue weighted by atomic mass is 35.5. The average molecular weight is 554 g/mol. The molecule has 5 rings (SSSR count). The van der Waals surface area contributed by atoms with Crippen molar-refractivity contribution in [3.63, 3.8) is 0 Å². The van der Waals surface area contributed by atoms with Crippen LogP contribution in [0.2, 0.25) is 5.02 Å². The van der Waals surface area contributed by atoms with E-state index in [-0.39, 0.29) is 11.8 Å². The van der Waals surface area contributed by atoms with Gasteiger partial charge >= 0.3 is 0 Å². The molecule has 2 N–H and O–H groups in total. The van der Waals surface area contributed by atoms with Crippen LogP contribution in [-0.2, 0) is 4.79 Å². The zero-order chi connectivity index (χ0) is 27.4. The number of amides is 3. The van der Waals surface area contributed by atoms with E-state index in [1.54, 1.807) is 48.5 Å². The molecule has 0 radical (unpaired) electrons. The van der Waals surface area contributed by atoms with Crippen LogP contribution < -0.4 is 10.7 Å². The summed E-state index contributed by atoms with van der Waals surface area (Å²) in [6, 6.07) is 30.5. The Morgan fingerprint density at radius 1 is 0.821 bits per heavy atom. The first-order valence-corrected chi connectivity index (χ1v) is 13.5. The molecule has 0 aliphatic carbocycles. The van der Waals surface area contributed by atoms with Gasteiger partial charge in [-0.2, -0.15) is 0 Å². The maximum atomic E-state index is 13.4. The van der Waals surface area contributed by atoms with Gasteiger partial charge in [0.25, 0.3) is 17.7 Å². The molecule has 3 amide bonds. The van der Waals surface area contributed by atoms with Gasteiger partial charge in [-0.25, -0.2) is 5.01 Å². The van der Waals surface area contributed by atoms with E-state index in [1.165, 1.54) is 16.8 Å². The second kappa shape index (κ2) is 11.6. The zero-order valence-corrected chi connectivity index (χ0v) is 22.5. The van der Waals surface area contributed by atoms with E-state index in [0.29, 0.717) is 26.7 Å². The Labute approximate surface area is 235 Å². The molecule has 1 unspecified atom stereocenters. The molecule has 4 aromatic carbocycles. The van der Waals surface area contributed by atoms with Crippen molar-refractivity contribution in [3.8, 4) is 0 Å². The minimum atomic E-state index is -0.454. The summed E-state index contributed by atoms with van der Waals surface area (Å²) in [5.41, 5.74) is 6.87. The number of halogens is 1. The number of carbonyl (C=O) groups excluding carboxylic acids is 3. The summed E-state index contributed by atoms with van der Waals surface area (Å²) in [5, 5.41) is 4.25. The predicted molar refractivity (Wildman–Crippen MR) is 156 cm³/mol. The van der Waals surface area contributed by atoms with Crippen LogP contribution in [0.25, 0.3) is 6.08 Å². The fourth-order valence-corrected chi connectivity index (χ4v) is 5.38. The molecule has 0 saturated carbocycles. The number of nitrogens with zero attached hydrogens (tertiary/aromatic N) is 1. The van der Waals surface area contributed by atoms with Crippen molar-refractivity contribution in [1.82, 2.24) is 10.4 Å². The minimum Gasteiger partial charge on any atom is -0.322 e. The molecule has 194 valence electrons. The molecule has 1 saturated heterocycles. The second-order valence-corrected chi connectivity index (χ2v) is 10.5. The normalized spacial score (nSPS) is 15.8. The van der Waals surface area contributed by atoms with Gasteiger partial charge in [-0.05, 0) is 66.6 Å². The highest BCUT2D eigenvalue weighted by Crippen LogP contribution is 2.45. The molecule has 8 heteroatoms. The summed E-state index contributed by atoms with van der Waals surface area (Å²) in [5.74, 6) is -1.01. The fraction of sp³-hybridized carbons (Fsp3) is 0.0645. The maximum Gasteiger partial charge on any atom is 0.280 e. The van der Waals surface area contributed by atoms with E-state index in [4.69, 9.17) is 11.6 Å². The van der Waals surface area contributed by atoms with Crippen LogP contribution in [0.15, 0.2) is 108 Å². The smallest absolute Gasteiger partial charge is 0.280 e. The third-order valence-corrected chi connectivity index (χ3v) is 7.72. The lowest BCUT2D eigenvalue weighted by molar-refractivity contribution is -0.128. The molecular weight excluding hydrogens is 530 g/mol. The van der Waals surface area contributed by atoms with Crippen molar-refractivity contribution in [1.29, 1.82) is 0 Å². The van der Waals surface area contributed by atoms with Gasteiger partial charge in [0.1, 0.15) is 5.37 Å². The highest BCUT2D eigenvalue weighted by molar-refractivity contribution is 8.04. The Hall–Kier alpha value is -4.33. The van der Waals surface area contributed by atoms with E-state index in [1.807, 2.05) is 67.6 Å². The average Bonchev–Trinajstić information content (AvgIpc) is 3.25. The van der Waals surface area contributed by atoms with Gasteiger partial charge in [-0.3, -0.25) is 19.8 Å². The lowest BCUT2D eigenvalue weighted by atomic mass is 10.1. The number of nitrogens with one attached hydrogen (secondary N) is 2. The van der Waals surface area contributed by atoms with E-state index in [0.717, 1.165) is 16.7 Å². The van der Waals surface area contributed by atoms with Gasteiger partial charge in [-0.15, -0.1) is 0 Å². The van der Waals surface area contributed by atoms with E-state index in [2.05, 4.69) is 10.7 Å². The number of rotatable bonds is 6. The Balaban J connectivity index is 1.33. The summed E-state index contributed by atoms with van der Waals surface area (Å²) in [4.78, 5) is 39.6. The van der Waals surface area contributed by atoms with E-state index >= 15 is 0 Å². The first-order chi connectivity index (χ1) is 18.9. The molecule has 1 aliphatic heterocycles. The van der Waals surface area contributed by atoms with Crippen LogP contribution >= 0.6 is 23.4 Å². The zero-order valence-electron chi connectivity index (χ0n) is 20.9. The Bertz CT molecular complexity index is 1550. The van der Waals surface area contributed by atoms with Crippen LogP contribution in [0.5, 0.6) is 0 Å². The van der Waals surface area contributed by atoms with Gasteiger partial charge in [-0.1, -0.05) is 89.6 Å². The third-order valence-electron chi connectivity index (χ3n) is 6.12.